The third-order valence-electron chi connectivity index (χ3n) is 4.35. The first-order valence-corrected chi connectivity index (χ1v) is 6.90. The second kappa shape index (κ2) is 5.41. The highest BCUT2D eigenvalue weighted by molar-refractivity contribution is 5.43. The lowest BCUT2D eigenvalue weighted by Gasteiger charge is -2.19. The summed E-state index contributed by atoms with van der Waals surface area (Å²) in [7, 11) is 5.40. The summed E-state index contributed by atoms with van der Waals surface area (Å²) in [5.74, 6) is 2.37. The summed E-state index contributed by atoms with van der Waals surface area (Å²) in [6.07, 6.45) is 2.34. The van der Waals surface area contributed by atoms with E-state index in [2.05, 4.69) is 38.3 Å². The molecule has 2 rings (SSSR count). The molecule has 0 spiro atoms. The largest absolute Gasteiger partial charge is 0.493 e. The number of methoxy groups -OCH3 is 2. The van der Waals surface area contributed by atoms with Crippen molar-refractivity contribution in [1.29, 1.82) is 0 Å². The molecule has 0 radical (unpaired) electrons. The number of likely N-dealkylation sites (N-methyl/N-ethyl adjacent to an activating group) is 1. The monoisotopic (exact) mass is 263 g/mol. The van der Waals surface area contributed by atoms with E-state index in [1.165, 1.54) is 12.0 Å². The van der Waals surface area contributed by atoms with Gasteiger partial charge in [-0.3, -0.25) is 0 Å². The summed E-state index contributed by atoms with van der Waals surface area (Å²) in [6, 6.07) is 6.73. The number of ether oxygens (including phenoxy) is 2. The lowest BCUT2D eigenvalue weighted by atomic mass is 9.97. The highest BCUT2D eigenvalue weighted by Gasteiger charge is 2.49. The minimum absolute atomic E-state index is 0.490. The van der Waals surface area contributed by atoms with Crippen molar-refractivity contribution in [2.45, 2.75) is 32.7 Å². The fourth-order valence-corrected chi connectivity index (χ4v) is 2.90. The predicted molar refractivity (Wildman–Crippen MR) is 78.0 cm³/mol. The Labute approximate surface area is 116 Å². The van der Waals surface area contributed by atoms with Crippen molar-refractivity contribution >= 4 is 0 Å². The molecule has 2 atom stereocenters. The van der Waals surface area contributed by atoms with E-state index in [0.29, 0.717) is 11.5 Å². The lowest BCUT2D eigenvalue weighted by molar-refractivity contribution is 0.354. The average molecular weight is 263 g/mol. The first kappa shape index (κ1) is 14.2. The molecule has 0 aromatic heterocycles. The van der Waals surface area contributed by atoms with Crippen LogP contribution in [0.15, 0.2) is 18.2 Å². The molecule has 1 saturated carbocycles. The Bertz CT molecular complexity index is 442. The molecule has 3 heteroatoms. The fourth-order valence-electron chi connectivity index (χ4n) is 2.90. The number of hydrogen-bond acceptors (Lipinski definition) is 3. The van der Waals surface area contributed by atoms with Crippen molar-refractivity contribution in [1.82, 2.24) is 5.32 Å². The van der Waals surface area contributed by atoms with Crippen molar-refractivity contribution in [2.75, 3.05) is 21.3 Å². The summed E-state index contributed by atoms with van der Waals surface area (Å²) in [5, 5.41) is 3.46. The highest BCUT2D eigenvalue weighted by Crippen LogP contribution is 2.54. The van der Waals surface area contributed by atoms with Crippen LogP contribution >= 0.6 is 0 Å². The molecular weight excluding hydrogens is 238 g/mol. The molecule has 0 amide bonds. The lowest BCUT2D eigenvalue weighted by Crippen LogP contribution is -2.31. The standard InChI is InChI=1S/C16H25NO2/c1-16(2)10-12(16)13(17-3)8-11-6-7-14(18-4)15(9-11)19-5/h6-7,9,12-13,17H,8,10H2,1-5H3. The third-order valence-corrected chi connectivity index (χ3v) is 4.35. The molecule has 106 valence electrons. The van der Waals surface area contributed by atoms with Crippen molar-refractivity contribution in [3.8, 4) is 11.5 Å². The van der Waals surface area contributed by atoms with Crippen LogP contribution in [0.3, 0.4) is 0 Å². The topological polar surface area (TPSA) is 30.5 Å². The predicted octanol–water partition coefficient (Wildman–Crippen LogP) is 2.88. The Kier molecular flexibility index (Phi) is 4.04. The molecule has 0 saturated heterocycles. The quantitative estimate of drug-likeness (QED) is 0.856. The summed E-state index contributed by atoms with van der Waals surface area (Å²) < 4.78 is 10.6. The molecule has 0 heterocycles. The Hall–Kier alpha value is -1.22. The SMILES string of the molecule is CNC(Cc1ccc(OC)c(OC)c1)C1CC1(C)C. The maximum absolute atomic E-state index is 5.36. The molecule has 0 aliphatic heterocycles. The molecule has 1 aromatic rings. The first-order chi connectivity index (χ1) is 9.01. The molecule has 1 aromatic carbocycles. The zero-order chi connectivity index (χ0) is 14.0. The Balaban J connectivity index is 2.10. The van der Waals surface area contributed by atoms with Crippen LogP contribution in [0.1, 0.15) is 25.8 Å². The second-order valence-corrected chi connectivity index (χ2v) is 6.09. The van der Waals surface area contributed by atoms with Gasteiger partial charge in [0.1, 0.15) is 0 Å². The van der Waals surface area contributed by atoms with Gasteiger partial charge in [-0.25, -0.2) is 0 Å². The number of benzene rings is 1. The molecule has 19 heavy (non-hydrogen) atoms. The van der Waals surface area contributed by atoms with Gasteiger partial charge in [-0.2, -0.15) is 0 Å². The van der Waals surface area contributed by atoms with Gasteiger partial charge in [0.2, 0.25) is 0 Å². The van der Waals surface area contributed by atoms with Crippen molar-refractivity contribution in [3.63, 3.8) is 0 Å². The normalized spacial score (nSPS) is 21.8. The number of rotatable bonds is 6. The van der Waals surface area contributed by atoms with Crippen molar-refractivity contribution in [3.05, 3.63) is 23.8 Å². The van der Waals surface area contributed by atoms with Gasteiger partial charge in [-0.1, -0.05) is 19.9 Å². The van der Waals surface area contributed by atoms with E-state index in [4.69, 9.17) is 9.47 Å². The van der Waals surface area contributed by atoms with E-state index in [1.54, 1.807) is 14.2 Å². The van der Waals surface area contributed by atoms with Crippen LogP contribution in [0.4, 0.5) is 0 Å². The van der Waals surface area contributed by atoms with E-state index in [1.807, 2.05) is 6.07 Å². The van der Waals surface area contributed by atoms with Crippen LogP contribution < -0.4 is 14.8 Å². The Morgan fingerprint density at radius 2 is 1.89 bits per heavy atom. The summed E-state index contributed by atoms with van der Waals surface area (Å²) in [6.45, 7) is 4.69. The number of nitrogens with one attached hydrogen (secondary N) is 1. The highest BCUT2D eigenvalue weighted by atomic mass is 16.5. The van der Waals surface area contributed by atoms with E-state index in [9.17, 15) is 0 Å². The molecule has 3 nitrogen and oxygen atoms in total. The summed E-state index contributed by atoms with van der Waals surface area (Å²) in [4.78, 5) is 0. The van der Waals surface area contributed by atoms with Gasteiger partial charge < -0.3 is 14.8 Å². The number of hydrogen-bond donors (Lipinski definition) is 1. The molecule has 0 bridgehead atoms. The third kappa shape index (κ3) is 3.03. The summed E-state index contributed by atoms with van der Waals surface area (Å²) >= 11 is 0. The molecule has 1 aliphatic carbocycles. The van der Waals surface area contributed by atoms with Gasteiger partial charge in [-0.15, -0.1) is 0 Å². The van der Waals surface area contributed by atoms with E-state index in [-0.39, 0.29) is 0 Å². The Morgan fingerprint density at radius 3 is 2.37 bits per heavy atom. The minimum Gasteiger partial charge on any atom is -0.493 e. The molecular formula is C16H25NO2. The van der Waals surface area contributed by atoms with E-state index >= 15 is 0 Å². The van der Waals surface area contributed by atoms with Crippen LogP contribution in [0.5, 0.6) is 11.5 Å². The van der Waals surface area contributed by atoms with Gasteiger partial charge in [0.25, 0.3) is 0 Å². The maximum Gasteiger partial charge on any atom is 0.160 e. The van der Waals surface area contributed by atoms with Crippen LogP contribution in [-0.2, 0) is 6.42 Å². The minimum atomic E-state index is 0.490. The van der Waals surface area contributed by atoms with Gasteiger partial charge in [0, 0.05) is 6.04 Å². The zero-order valence-electron chi connectivity index (χ0n) is 12.6. The van der Waals surface area contributed by atoms with Gasteiger partial charge in [-0.05, 0) is 48.9 Å². The smallest absolute Gasteiger partial charge is 0.160 e. The fraction of sp³-hybridized carbons (Fsp3) is 0.625. The molecule has 2 unspecified atom stereocenters. The van der Waals surface area contributed by atoms with E-state index in [0.717, 1.165) is 23.8 Å². The van der Waals surface area contributed by atoms with Gasteiger partial charge in [0.15, 0.2) is 11.5 Å². The second-order valence-electron chi connectivity index (χ2n) is 6.09. The average Bonchev–Trinajstić information content (AvgIpc) is 3.04. The van der Waals surface area contributed by atoms with Gasteiger partial charge in [0.05, 0.1) is 14.2 Å². The summed E-state index contributed by atoms with van der Waals surface area (Å²) in [5.41, 5.74) is 1.78. The van der Waals surface area contributed by atoms with Crippen molar-refractivity contribution < 1.29 is 9.47 Å². The Morgan fingerprint density at radius 1 is 1.26 bits per heavy atom. The van der Waals surface area contributed by atoms with Crippen LogP contribution in [0, 0.1) is 11.3 Å². The molecule has 1 fully saturated rings. The van der Waals surface area contributed by atoms with Crippen LogP contribution in [-0.4, -0.2) is 27.3 Å². The molecule has 1 N–H and O–H groups in total. The van der Waals surface area contributed by atoms with Crippen LogP contribution in [0.25, 0.3) is 0 Å². The first-order valence-electron chi connectivity index (χ1n) is 6.90. The van der Waals surface area contributed by atoms with Crippen LogP contribution in [0.2, 0.25) is 0 Å². The zero-order valence-corrected chi connectivity index (χ0v) is 12.6. The maximum atomic E-state index is 5.36. The van der Waals surface area contributed by atoms with E-state index < -0.39 is 0 Å². The molecule has 1 aliphatic rings. The van der Waals surface area contributed by atoms with Gasteiger partial charge >= 0.3 is 0 Å². The van der Waals surface area contributed by atoms with Crippen molar-refractivity contribution in [2.24, 2.45) is 11.3 Å².